The van der Waals surface area contributed by atoms with Crippen LogP contribution in [0.1, 0.15) is 112 Å². The van der Waals surface area contributed by atoms with Gasteiger partial charge in [-0.05, 0) is 84.9 Å². The normalized spacial score (nSPS) is 46.8. The Labute approximate surface area is 174 Å². The molecule has 4 aliphatic rings. The molecule has 8 atom stereocenters. The molecule has 0 aliphatic heterocycles. The predicted octanol–water partition coefficient (Wildman–Crippen LogP) is 7.68. The van der Waals surface area contributed by atoms with Crippen LogP contribution in [0.3, 0.4) is 0 Å². The van der Waals surface area contributed by atoms with Gasteiger partial charge in [-0.3, -0.25) is 4.79 Å². The smallest absolute Gasteiger partial charge is 0.136 e. The van der Waals surface area contributed by atoms with Gasteiger partial charge in [0.05, 0.1) is 0 Å². The molecule has 4 saturated carbocycles. The van der Waals surface area contributed by atoms with E-state index < -0.39 is 0 Å². The summed E-state index contributed by atoms with van der Waals surface area (Å²) >= 11 is 0. The average Bonchev–Trinajstić information content (AvgIpc) is 2.99. The molecule has 0 aromatic heterocycles. The molecule has 28 heavy (non-hydrogen) atoms. The van der Waals surface area contributed by atoms with Crippen molar-refractivity contribution in [1.29, 1.82) is 0 Å². The van der Waals surface area contributed by atoms with E-state index in [4.69, 9.17) is 0 Å². The Hall–Kier alpha value is -0.330. The summed E-state index contributed by atoms with van der Waals surface area (Å²) < 4.78 is 0. The maximum absolute atomic E-state index is 13.4. The Morgan fingerprint density at radius 3 is 2.39 bits per heavy atom. The van der Waals surface area contributed by atoms with Gasteiger partial charge in [-0.1, -0.05) is 66.7 Å². The highest BCUT2D eigenvalue weighted by molar-refractivity contribution is 5.83. The second kappa shape index (κ2) is 7.73. The number of hydrogen-bond acceptors (Lipinski definition) is 1. The number of Topliss-reactive ketones (excluding diaryl/α,β-unsaturated/α-hetero) is 1. The van der Waals surface area contributed by atoms with E-state index in [0.717, 1.165) is 24.2 Å². The zero-order chi connectivity index (χ0) is 20.1. The number of carbonyl (C=O) groups excluding carboxylic acids is 1. The van der Waals surface area contributed by atoms with Gasteiger partial charge in [0, 0.05) is 12.3 Å². The Kier molecular flexibility index (Phi) is 5.78. The highest BCUT2D eigenvalue weighted by atomic mass is 16.1. The first-order valence-electron chi connectivity index (χ1n) is 12.8. The lowest BCUT2D eigenvalue weighted by atomic mass is 9.44. The molecule has 0 N–H and O–H groups in total. The Morgan fingerprint density at radius 2 is 1.64 bits per heavy atom. The maximum atomic E-state index is 13.4. The van der Waals surface area contributed by atoms with Crippen molar-refractivity contribution in [2.75, 3.05) is 0 Å². The van der Waals surface area contributed by atoms with Gasteiger partial charge in [-0.2, -0.15) is 0 Å². The molecular weight excluding hydrogens is 340 g/mol. The van der Waals surface area contributed by atoms with Crippen LogP contribution in [0.2, 0.25) is 0 Å². The van der Waals surface area contributed by atoms with Gasteiger partial charge in [0.1, 0.15) is 5.78 Å². The molecule has 0 bridgehead atoms. The molecule has 0 saturated heterocycles. The third kappa shape index (κ3) is 3.31. The minimum atomic E-state index is 0.408. The van der Waals surface area contributed by atoms with Crippen LogP contribution in [0.4, 0.5) is 0 Å². The van der Waals surface area contributed by atoms with Gasteiger partial charge in [-0.25, -0.2) is 0 Å². The van der Waals surface area contributed by atoms with Crippen molar-refractivity contribution in [2.24, 2.45) is 52.3 Å². The molecule has 0 aromatic rings. The summed E-state index contributed by atoms with van der Waals surface area (Å²) in [4.78, 5) is 13.4. The van der Waals surface area contributed by atoms with Crippen LogP contribution in [0.15, 0.2) is 0 Å². The van der Waals surface area contributed by atoms with Crippen molar-refractivity contribution < 1.29 is 4.79 Å². The summed E-state index contributed by atoms with van der Waals surface area (Å²) in [6.45, 7) is 12.4. The molecule has 4 fully saturated rings. The highest BCUT2D eigenvalue weighted by Crippen LogP contribution is 2.67. The molecule has 1 nitrogen and oxygen atoms in total. The van der Waals surface area contributed by atoms with Gasteiger partial charge in [0.15, 0.2) is 0 Å². The first-order chi connectivity index (χ1) is 13.3. The fourth-order valence-electron chi connectivity index (χ4n) is 8.99. The standard InChI is InChI=1S/C27H46O/c1-18(2)9-8-10-19(3)21-12-13-22-25-23(14-16-27(21,22)5)26(4)15-7-6-11-20(26)17-24(25)28/h18-23,25H,6-17H2,1-5H3. The highest BCUT2D eigenvalue weighted by Gasteiger charge is 2.62. The summed E-state index contributed by atoms with van der Waals surface area (Å²) in [6.07, 6.45) is 16.0. The lowest BCUT2D eigenvalue weighted by Gasteiger charge is -2.60. The molecule has 4 aliphatic carbocycles. The van der Waals surface area contributed by atoms with Crippen LogP contribution >= 0.6 is 0 Å². The van der Waals surface area contributed by atoms with Gasteiger partial charge in [0.25, 0.3) is 0 Å². The fraction of sp³-hybridized carbons (Fsp3) is 0.963. The lowest BCUT2D eigenvalue weighted by molar-refractivity contribution is -0.156. The van der Waals surface area contributed by atoms with E-state index in [1.54, 1.807) is 0 Å². The quantitative estimate of drug-likeness (QED) is 0.473. The van der Waals surface area contributed by atoms with E-state index in [2.05, 4.69) is 34.6 Å². The minimum absolute atomic E-state index is 0.408. The van der Waals surface area contributed by atoms with Gasteiger partial charge in [-0.15, -0.1) is 0 Å². The monoisotopic (exact) mass is 386 g/mol. The molecule has 8 unspecified atom stereocenters. The number of hydrogen-bond donors (Lipinski definition) is 0. The van der Waals surface area contributed by atoms with Crippen molar-refractivity contribution in [3.05, 3.63) is 0 Å². The molecule has 0 spiro atoms. The summed E-state index contributed by atoms with van der Waals surface area (Å²) in [7, 11) is 0. The number of fused-ring (bicyclic) bond motifs is 5. The SMILES string of the molecule is CC(C)CCCC(C)C1CCC2C3C(=O)CC4CCCCC4(C)C3CCC12C. The van der Waals surface area contributed by atoms with Gasteiger partial charge < -0.3 is 0 Å². The van der Waals surface area contributed by atoms with E-state index in [-0.39, 0.29) is 0 Å². The first kappa shape index (κ1) is 20.9. The van der Waals surface area contributed by atoms with Crippen LogP contribution < -0.4 is 0 Å². The zero-order valence-electron chi connectivity index (χ0n) is 19.4. The number of rotatable bonds is 5. The largest absolute Gasteiger partial charge is 0.299 e. The molecular formula is C27H46O. The molecule has 0 heterocycles. The van der Waals surface area contributed by atoms with Crippen LogP contribution in [0, 0.1) is 52.3 Å². The Balaban J connectivity index is 1.51. The van der Waals surface area contributed by atoms with Crippen molar-refractivity contribution in [3.63, 3.8) is 0 Å². The molecule has 160 valence electrons. The van der Waals surface area contributed by atoms with E-state index in [0.29, 0.717) is 40.3 Å². The van der Waals surface area contributed by atoms with Gasteiger partial charge >= 0.3 is 0 Å². The number of ketones is 1. The average molecular weight is 387 g/mol. The van der Waals surface area contributed by atoms with Gasteiger partial charge in [0.2, 0.25) is 0 Å². The van der Waals surface area contributed by atoms with Crippen LogP contribution in [0.5, 0.6) is 0 Å². The predicted molar refractivity (Wildman–Crippen MR) is 118 cm³/mol. The first-order valence-corrected chi connectivity index (χ1v) is 12.8. The topological polar surface area (TPSA) is 17.1 Å². The van der Waals surface area contributed by atoms with Crippen LogP contribution in [-0.4, -0.2) is 5.78 Å². The minimum Gasteiger partial charge on any atom is -0.299 e. The second-order valence-electron chi connectivity index (χ2n) is 12.4. The fourth-order valence-corrected chi connectivity index (χ4v) is 8.99. The Morgan fingerprint density at radius 1 is 0.893 bits per heavy atom. The van der Waals surface area contributed by atoms with Crippen molar-refractivity contribution >= 4 is 5.78 Å². The molecule has 1 heteroatoms. The summed E-state index contributed by atoms with van der Waals surface area (Å²) in [5.74, 6) is 5.70. The van der Waals surface area contributed by atoms with E-state index in [9.17, 15) is 4.79 Å². The molecule has 0 amide bonds. The summed E-state index contributed by atoms with van der Waals surface area (Å²) in [5, 5.41) is 0. The number of carbonyl (C=O) groups is 1. The maximum Gasteiger partial charge on any atom is 0.136 e. The van der Waals surface area contributed by atoms with Crippen LogP contribution in [0.25, 0.3) is 0 Å². The van der Waals surface area contributed by atoms with E-state index in [1.165, 1.54) is 70.6 Å². The third-order valence-electron chi connectivity index (χ3n) is 10.6. The second-order valence-corrected chi connectivity index (χ2v) is 12.4. The van der Waals surface area contributed by atoms with Crippen molar-refractivity contribution in [3.8, 4) is 0 Å². The lowest BCUT2D eigenvalue weighted by Crippen LogP contribution is -2.56. The van der Waals surface area contributed by atoms with Crippen LogP contribution in [-0.2, 0) is 4.79 Å². The van der Waals surface area contributed by atoms with Crippen molar-refractivity contribution in [1.82, 2.24) is 0 Å². The summed E-state index contributed by atoms with van der Waals surface area (Å²) in [6, 6.07) is 0. The third-order valence-corrected chi connectivity index (χ3v) is 10.6. The molecule has 4 rings (SSSR count). The molecule has 0 radical (unpaired) electrons. The zero-order valence-corrected chi connectivity index (χ0v) is 19.4. The molecule has 0 aromatic carbocycles. The summed E-state index contributed by atoms with van der Waals surface area (Å²) in [5.41, 5.74) is 0.908. The van der Waals surface area contributed by atoms with E-state index >= 15 is 0 Å². The Bertz CT molecular complexity index is 579. The van der Waals surface area contributed by atoms with E-state index in [1.807, 2.05) is 0 Å². The van der Waals surface area contributed by atoms with Crippen molar-refractivity contribution in [2.45, 2.75) is 112 Å².